The summed E-state index contributed by atoms with van der Waals surface area (Å²) in [6.45, 7) is 4.40. The SMILES string of the molecule is Nc1cc(F)cc(N2CCCN3CCCC3C2)c1. The smallest absolute Gasteiger partial charge is 0.127 e. The molecule has 2 aliphatic heterocycles. The van der Waals surface area contributed by atoms with Crippen LogP contribution in [0.5, 0.6) is 0 Å². The number of fused-ring (bicyclic) bond motifs is 1. The monoisotopic (exact) mass is 249 g/mol. The molecule has 1 aromatic carbocycles. The van der Waals surface area contributed by atoms with Crippen molar-refractivity contribution in [3.8, 4) is 0 Å². The molecule has 2 fully saturated rings. The van der Waals surface area contributed by atoms with Crippen LogP contribution in [-0.4, -0.2) is 37.1 Å². The predicted molar refractivity (Wildman–Crippen MR) is 72.2 cm³/mol. The first-order valence-corrected chi connectivity index (χ1v) is 6.77. The summed E-state index contributed by atoms with van der Waals surface area (Å²) in [6, 6.07) is 5.50. The number of hydrogen-bond donors (Lipinski definition) is 1. The lowest BCUT2D eigenvalue weighted by molar-refractivity contribution is 0.273. The summed E-state index contributed by atoms with van der Waals surface area (Å²) in [7, 11) is 0. The second-order valence-electron chi connectivity index (χ2n) is 5.37. The van der Waals surface area contributed by atoms with Gasteiger partial charge in [0.05, 0.1) is 0 Å². The van der Waals surface area contributed by atoms with Crippen LogP contribution < -0.4 is 10.6 Å². The zero-order valence-electron chi connectivity index (χ0n) is 10.6. The Morgan fingerprint density at radius 2 is 1.94 bits per heavy atom. The summed E-state index contributed by atoms with van der Waals surface area (Å²) in [5, 5.41) is 0. The second kappa shape index (κ2) is 4.76. The molecule has 0 spiro atoms. The Labute approximate surface area is 107 Å². The molecule has 3 rings (SSSR count). The summed E-state index contributed by atoms with van der Waals surface area (Å²) in [5.74, 6) is -0.238. The minimum atomic E-state index is -0.238. The van der Waals surface area contributed by atoms with Crippen molar-refractivity contribution < 1.29 is 4.39 Å². The van der Waals surface area contributed by atoms with Gasteiger partial charge in [0.15, 0.2) is 0 Å². The molecule has 98 valence electrons. The molecule has 3 nitrogen and oxygen atoms in total. The van der Waals surface area contributed by atoms with Crippen molar-refractivity contribution in [3.63, 3.8) is 0 Å². The number of nitrogens with two attached hydrogens (primary N) is 1. The molecule has 0 bridgehead atoms. The van der Waals surface area contributed by atoms with Gasteiger partial charge in [-0.2, -0.15) is 0 Å². The van der Waals surface area contributed by atoms with Crippen molar-refractivity contribution in [2.45, 2.75) is 25.3 Å². The molecule has 0 aromatic heterocycles. The van der Waals surface area contributed by atoms with Gasteiger partial charge >= 0.3 is 0 Å². The zero-order valence-corrected chi connectivity index (χ0v) is 10.6. The van der Waals surface area contributed by atoms with Crippen LogP contribution in [0.3, 0.4) is 0 Å². The quantitative estimate of drug-likeness (QED) is 0.773. The molecule has 0 saturated carbocycles. The van der Waals surface area contributed by atoms with Gasteiger partial charge in [-0.15, -0.1) is 0 Å². The van der Waals surface area contributed by atoms with Gasteiger partial charge in [-0.25, -0.2) is 4.39 Å². The van der Waals surface area contributed by atoms with Crippen molar-refractivity contribution in [3.05, 3.63) is 24.0 Å². The van der Waals surface area contributed by atoms with E-state index in [2.05, 4.69) is 9.80 Å². The summed E-state index contributed by atoms with van der Waals surface area (Å²) in [4.78, 5) is 4.86. The third-order valence-electron chi connectivity index (χ3n) is 4.07. The fourth-order valence-electron chi connectivity index (χ4n) is 3.22. The molecule has 2 heterocycles. The highest BCUT2D eigenvalue weighted by Crippen LogP contribution is 2.26. The standard InChI is InChI=1S/C14H20FN3/c15-11-7-12(16)9-14(8-11)18-6-2-5-17-4-1-3-13(17)10-18/h7-9,13H,1-6,10,16H2. The molecular weight excluding hydrogens is 229 g/mol. The van der Waals surface area contributed by atoms with Gasteiger partial charge in [-0.3, -0.25) is 4.90 Å². The Balaban J connectivity index is 1.82. The van der Waals surface area contributed by atoms with E-state index in [1.165, 1.54) is 32.0 Å². The Hall–Kier alpha value is -1.29. The van der Waals surface area contributed by atoms with Crippen molar-refractivity contribution in [2.75, 3.05) is 36.8 Å². The number of anilines is 2. The van der Waals surface area contributed by atoms with Gasteiger partial charge < -0.3 is 10.6 Å². The molecule has 1 aromatic rings. The van der Waals surface area contributed by atoms with Gasteiger partial charge in [-0.1, -0.05) is 0 Å². The highest BCUT2D eigenvalue weighted by molar-refractivity contribution is 5.56. The van der Waals surface area contributed by atoms with Crippen LogP contribution in [0.1, 0.15) is 19.3 Å². The summed E-state index contributed by atoms with van der Waals surface area (Å²) in [5.41, 5.74) is 7.18. The molecule has 18 heavy (non-hydrogen) atoms. The fraction of sp³-hybridized carbons (Fsp3) is 0.571. The van der Waals surface area contributed by atoms with E-state index in [0.29, 0.717) is 11.7 Å². The van der Waals surface area contributed by atoms with Crippen molar-refractivity contribution in [1.29, 1.82) is 0 Å². The van der Waals surface area contributed by atoms with Crippen LogP contribution in [0.25, 0.3) is 0 Å². The normalized spacial score (nSPS) is 24.9. The number of rotatable bonds is 1. The molecule has 1 unspecified atom stereocenters. The minimum absolute atomic E-state index is 0.238. The summed E-state index contributed by atoms with van der Waals surface area (Å²) >= 11 is 0. The maximum atomic E-state index is 13.4. The molecular formula is C14H20FN3. The highest BCUT2D eigenvalue weighted by atomic mass is 19.1. The molecule has 0 amide bonds. The first-order chi connectivity index (χ1) is 8.72. The molecule has 2 saturated heterocycles. The lowest BCUT2D eigenvalue weighted by atomic mass is 10.2. The van der Waals surface area contributed by atoms with Crippen LogP contribution in [-0.2, 0) is 0 Å². The Kier molecular flexibility index (Phi) is 3.12. The van der Waals surface area contributed by atoms with E-state index in [0.717, 1.165) is 25.2 Å². The molecule has 1 atom stereocenters. The molecule has 0 aliphatic carbocycles. The molecule has 2 N–H and O–H groups in total. The largest absolute Gasteiger partial charge is 0.399 e. The van der Waals surface area contributed by atoms with E-state index >= 15 is 0 Å². The molecule has 0 radical (unpaired) electrons. The van der Waals surface area contributed by atoms with Crippen molar-refractivity contribution in [1.82, 2.24) is 4.90 Å². The summed E-state index contributed by atoms with van der Waals surface area (Å²) in [6.07, 6.45) is 3.71. The lowest BCUT2D eigenvalue weighted by Gasteiger charge is -2.27. The molecule has 2 aliphatic rings. The third-order valence-corrected chi connectivity index (χ3v) is 4.07. The van der Waals surface area contributed by atoms with E-state index in [4.69, 9.17) is 5.73 Å². The van der Waals surface area contributed by atoms with Gasteiger partial charge in [0.1, 0.15) is 5.82 Å². The molecule has 4 heteroatoms. The number of nitrogens with zero attached hydrogens (tertiary/aromatic N) is 2. The third kappa shape index (κ3) is 2.29. The van der Waals surface area contributed by atoms with Crippen molar-refractivity contribution >= 4 is 11.4 Å². The average Bonchev–Trinajstić information content (AvgIpc) is 2.65. The average molecular weight is 249 g/mol. The Morgan fingerprint density at radius 3 is 2.78 bits per heavy atom. The predicted octanol–water partition coefficient (Wildman–Crippen LogP) is 2.08. The van der Waals surface area contributed by atoms with Gasteiger partial charge in [-0.05, 0) is 44.0 Å². The van der Waals surface area contributed by atoms with Crippen LogP contribution in [0.2, 0.25) is 0 Å². The Bertz CT molecular complexity index is 415. The zero-order chi connectivity index (χ0) is 12.5. The number of benzene rings is 1. The first kappa shape index (κ1) is 11.8. The summed E-state index contributed by atoms with van der Waals surface area (Å²) < 4.78 is 13.4. The van der Waals surface area contributed by atoms with E-state index in [-0.39, 0.29) is 5.82 Å². The van der Waals surface area contributed by atoms with Crippen molar-refractivity contribution in [2.24, 2.45) is 0 Å². The number of nitrogen functional groups attached to an aromatic ring is 1. The van der Waals surface area contributed by atoms with Crippen LogP contribution in [0, 0.1) is 5.82 Å². The van der Waals surface area contributed by atoms with Crippen LogP contribution in [0.4, 0.5) is 15.8 Å². The van der Waals surface area contributed by atoms with E-state index in [1.807, 2.05) is 6.07 Å². The first-order valence-electron chi connectivity index (χ1n) is 6.77. The minimum Gasteiger partial charge on any atom is -0.399 e. The highest BCUT2D eigenvalue weighted by Gasteiger charge is 2.28. The fourth-order valence-corrected chi connectivity index (χ4v) is 3.22. The Morgan fingerprint density at radius 1 is 1.11 bits per heavy atom. The maximum Gasteiger partial charge on any atom is 0.127 e. The number of halogens is 1. The second-order valence-corrected chi connectivity index (χ2v) is 5.37. The van der Waals surface area contributed by atoms with Crippen LogP contribution in [0.15, 0.2) is 18.2 Å². The maximum absolute atomic E-state index is 13.4. The van der Waals surface area contributed by atoms with Gasteiger partial charge in [0.2, 0.25) is 0 Å². The van der Waals surface area contributed by atoms with Gasteiger partial charge in [0.25, 0.3) is 0 Å². The number of hydrogen-bond acceptors (Lipinski definition) is 3. The van der Waals surface area contributed by atoms with Gasteiger partial charge in [0, 0.05) is 37.1 Å². The van der Waals surface area contributed by atoms with E-state index < -0.39 is 0 Å². The topological polar surface area (TPSA) is 32.5 Å². The van der Waals surface area contributed by atoms with E-state index in [9.17, 15) is 4.39 Å². The van der Waals surface area contributed by atoms with Crippen LogP contribution >= 0.6 is 0 Å². The van der Waals surface area contributed by atoms with E-state index in [1.54, 1.807) is 6.07 Å². The lowest BCUT2D eigenvalue weighted by Crippen LogP contribution is -2.36.